The molecular weight excluding hydrogens is 565 g/mol. The smallest absolute Gasteiger partial charge is 0.0640 e. The number of fused-ring (bicyclic) bond motifs is 9. The molecule has 3 heterocycles. The van der Waals surface area contributed by atoms with Crippen LogP contribution in [0.15, 0.2) is 140 Å². The molecule has 212 valence electrons. The summed E-state index contributed by atoms with van der Waals surface area (Å²) in [6.45, 7) is 0. The molecule has 0 aliphatic heterocycles. The summed E-state index contributed by atoms with van der Waals surface area (Å²) < 4.78 is 7.61. The summed E-state index contributed by atoms with van der Waals surface area (Å²) in [6.07, 6.45) is 4.48. The number of para-hydroxylation sites is 3. The van der Waals surface area contributed by atoms with Gasteiger partial charge in [0.1, 0.15) is 0 Å². The molecule has 0 atom stereocenters. The number of hydrogen-bond donors (Lipinski definition) is 0. The third-order valence-corrected chi connectivity index (χ3v) is 10.9. The zero-order chi connectivity index (χ0) is 29.5. The predicted molar refractivity (Wildman–Crippen MR) is 193 cm³/mol. The van der Waals surface area contributed by atoms with Crippen molar-refractivity contribution in [2.24, 2.45) is 0 Å². The van der Waals surface area contributed by atoms with Gasteiger partial charge < -0.3 is 9.13 Å². The molecule has 3 heteroatoms. The monoisotopic (exact) mass is 592 g/mol. The van der Waals surface area contributed by atoms with Gasteiger partial charge in [0.2, 0.25) is 0 Å². The van der Waals surface area contributed by atoms with Crippen molar-refractivity contribution < 1.29 is 0 Å². The molecule has 0 spiro atoms. The summed E-state index contributed by atoms with van der Waals surface area (Å²) in [5.74, 6) is 0. The van der Waals surface area contributed by atoms with Gasteiger partial charge in [0, 0.05) is 48.6 Å². The van der Waals surface area contributed by atoms with Crippen LogP contribution in [-0.2, 0) is 6.42 Å². The van der Waals surface area contributed by atoms with Gasteiger partial charge in [0.05, 0.1) is 26.9 Å². The van der Waals surface area contributed by atoms with E-state index in [9.17, 15) is 0 Å². The largest absolute Gasteiger partial charge is 0.313 e. The zero-order valence-electron chi connectivity index (χ0n) is 24.6. The maximum atomic E-state index is 2.48. The van der Waals surface area contributed by atoms with Crippen molar-refractivity contribution in [3.8, 4) is 11.4 Å². The van der Waals surface area contributed by atoms with Gasteiger partial charge in [-0.2, -0.15) is 0 Å². The lowest BCUT2D eigenvalue weighted by atomic mass is 9.90. The number of rotatable bonds is 3. The van der Waals surface area contributed by atoms with Crippen LogP contribution in [0.3, 0.4) is 0 Å². The van der Waals surface area contributed by atoms with Crippen LogP contribution in [0.25, 0.3) is 75.9 Å². The van der Waals surface area contributed by atoms with Crippen molar-refractivity contribution in [1.29, 1.82) is 0 Å². The highest BCUT2D eigenvalue weighted by Crippen LogP contribution is 2.43. The molecule has 0 radical (unpaired) electrons. The Bertz CT molecular complexity index is 2650. The maximum Gasteiger partial charge on any atom is 0.0640 e. The normalized spacial score (nSPS) is 13.3. The van der Waals surface area contributed by atoms with Gasteiger partial charge in [0.25, 0.3) is 0 Å². The molecule has 0 amide bonds. The van der Waals surface area contributed by atoms with E-state index in [2.05, 4.69) is 155 Å². The first-order chi connectivity index (χ1) is 22.3. The standard InChI is InChI=1S/C42H28N2S/c1-2-11-29(12-3-1)43-36-17-7-4-13-30(36)34-25-27(21-23-38(34)43)28-22-24-39-35(26-28)31-14-5-8-18-37(31)44(39)40-19-10-16-33-32-15-6-9-20-41(32)45-42(33)40/h1-20,22,24-26H,21,23H2. The molecule has 45 heavy (non-hydrogen) atoms. The van der Waals surface area contributed by atoms with E-state index < -0.39 is 0 Å². The Hall–Kier alpha value is -5.38. The zero-order valence-corrected chi connectivity index (χ0v) is 25.4. The van der Waals surface area contributed by atoms with Crippen LogP contribution in [0.2, 0.25) is 0 Å². The van der Waals surface area contributed by atoms with E-state index in [0.29, 0.717) is 0 Å². The van der Waals surface area contributed by atoms with E-state index in [0.717, 1.165) is 12.8 Å². The Balaban J connectivity index is 1.18. The number of benzene rings is 6. The first-order valence-corrected chi connectivity index (χ1v) is 16.5. The molecule has 0 bridgehead atoms. The van der Waals surface area contributed by atoms with Crippen LogP contribution >= 0.6 is 11.3 Å². The van der Waals surface area contributed by atoms with Crippen molar-refractivity contribution in [2.45, 2.75) is 12.8 Å². The number of nitrogens with zero attached hydrogens (tertiary/aromatic N) is 2. The van der Waals surface area contributed by atoms with Gasteiger partial charge in [-0.3, -0.25) is 0 Å². The van der Waals surface area contributed by atoms with E-state index in [4.69, 9.17) is 0 Å². The van der Waals surface area contributed by atoms with E-state index in [1.54, 1.807) is 0 Å². The van der Waals surface area contributed by atoms with Crippen molar-refractivity contribution in [3.05, 3.63) is 156 Å². The average Bonchev–Trinajstić information content (AvgIpc) is 3.76. The second kappa shape index (κ2) is 9.56. The molecular formula is C42H28N2S. The van der Waals surface area contributed by atoms with Gasteiger partial charge in [-0.05, 0) is 78.6 Å². The quantitative estimate of drug-likeness (QED) is 0.193. The van der Waals surface area contributed by atoms with Crippen molar-refractivity contribution in [1.82, 2.24) is 9.13 Å². The molecule has 0 saturated carbocycles. The van der Waals surface area contributed by atoms with E-state index in [1.165, 1.54) is 86.6 Å². The number of aromatic nitrogens is 2. The van der Waals surface area contributed by atoms with Crippen molar-refractivity contribution >= 4 is 75.9 Å². The van der Waals surface area contributed by atoms with Crippen LogP contribution in [-0.4, -0.2) is 9.13 Å². The van der Waals surface area contributed by atoms with Gasteiger partial charge in [-0.1, -0.05) is 91.0 Å². The number of hydrogen-bond acceptors (Lipinski definition) is 1. The summed E-state index contributed by atoms with van der Waals surface area (Å²) in [5.41, 5.74) is 11.7. The fourth-order valence-electron chi connectivity index (χ4n) is 7.66. The van der Waals surface area contributed by atoms with Crippen LogP contribution in [0.1, 0.15) is 23.2 Å². The molecule has 0 N–H and O–H groups in total. The minimum absolute atomic E-state index is 1.01. The van der Waals surface area contributed by atoms with Crippen molar-refractivity contribution in [2.75, 3.05) is 0 Å². The number of allylic oxidation sites excluding steroid dienone is 1. The fourth-order valence-corrected chi connectivity index (χ4v) is 8.87. The molecule has 0 fully saturated rings. The summed E-state index contributed by atoms with van der Waals surface area (Å²) in [7, 11) is 0. The van der Waals surface area contributed by atoms with Crippen LogP contribution in [0, 0.1) is 0 Å². The minimum Gasteiger partial charge on any atom is -0.313 e. The molecule has 10 rings (SSSR count). The molecule has 2 nitrogen and oxygen atoms in total. The van der Waals surface area contributed by atoms with Gasteiger partial charge >= 0.3 is 0 Å². The second-order valence-corrected chi connectivity index (χ2v) is 13.1. The average molecular weight is 593 g/mol. The highest BCUT2D eigenvalue weighted by Gasteiger charge is 2.23. The van der Waals surface area contributed by atoms with Crippen LogP contribution in [0.4, 0.5) is 0 Å². The first-order valence-electron chi connectivity index (χ1n) is 15.7. The van der Waals surface area contributed by atoms with Crippen LogP contribution in [0.5, 0.6) is 0 Å². The Kier molecular flexibility index (Phi) is 5.31. The third kappa shape index (κ3) is 3.62. The lowest BCUT2D eigenvalue weighted by Crippen LogP contribution is -2.05. The SMILES string of the molecule is C1=C(c2ccc3c(c2)c2ccccc2n3-c2cccc3c2sc2ccccc23)CCc2c1c1ccccc1n2-c1ccccc1. The molecule has 1 aliphatic carbocycles. The Morgan fingerprint density at radius 2 is 1.18 bits per heavy atom. The first kappa shape index (κ1) is 25.0. The Labute approximate surface area is 264 Å². The molecule has 0 saturated heterocycles. The van der Waals surface area contributed by atoms with Gasteiger partial charge in [0.15, 0.2) is 0 Å². The number of thiophene rings is 1. The fraction of sp³-hybridized carbons (Fsp3) is 0.0476. The molecule has 6 aromatic carbocycles. The van der Waals surface area contributed by atoms with Gasteiger partial charge in [-0.15, -0.1) is 11.3 Å². The highest BCUT2D eigenvalue weighted by atomic mass is 32.1. The molecule has 9 aromatic rings. The predicted octanol–water partition coefficient (Wildman–Crippen LogP) is 11.6. The van der Waals surface area contributed by atoms with E-state index in [-0.39, 0.29) is 0 Å². The maximum absolute atomic E-state index is 2.48. The summed E-state index contributed by atoms with van der Waals surface area (Å²) in [5, 5.41) is 6.58. The second-order valence-electron chi connectivity index (χ2n) is 12.1. The van der Waals surface area contributed by atoms with Crippen molar-refractivity contribution in [3.63, 3.8) is 0 Å². The molecule has 0 unspecified atom stereocenters. The Morgan fingerprint density at radius 1 is 0.489 bits per heavy atom. The lowest BCUT2D eigenvalue weighted by Gasteiger charge is -2.18. The summed E-state index contributed by atoms with van der Waals surface area (Å²) >= 11 is 1.89. The highest BCUT2D eigenvalue weighted by molar-refractivity contribution is 7.26. The molecule has 3 aromatic heterocycles. The van der Waals surface area contributed by atoms with Gasteiger partial charge in [-0.25, -0.2) is 0 Å². The lowest BCUT2D eigenvalue weighted by molar-refractivity contribution is 0.898. The topological polar surface area (TPSA) is 9.86 Å². The Morgan fingerprint density at radius 3 is 2.04 bits per heavy atom. The van der Waals surface area contributed by atoms with E-state index in [1.807, 2.05) is 11.3 Å². The molecule has 1 aliphatic rings. The summed E-state index contributed by atoms with van der Waals surface area (Å²) in [4.78, 5) is 0. The summed E-state index contributed by atoms with van der Waals surface area (Å²) in [6, 6.07) is 51.2. The minimum atomic E-state index is 1.01. The van der Waals surface area contributed by atoms with Crippen LogP contribution < -0.4 is 0 Å². The van der Waals surface area contributed by atoms with E-state index >= 15 is 0 Å². The third-order valence-electron chi connectivity index (χ3n) is 9.65.